The van der Waals surface area contributed by atoms with Gasteiger partial charge in [0.2, 0.25) is 27.6 Å². The van der Waals surface area contributed by atoms with Crippen LogP contribution in [0.1, 0.15) is 29.9 Å². The molecular weight excluding hydrogens is 464 g/mol. The molecule has 33 heavy (non-hydrogen) atoms. The summed E-state index contributed by atoms with van der Waals surface area (Å²) in [6, 6.07) is 12.9. The maximum absolute atomic E-state index is 12.6. The van der Waals surface area contributed by atoms with E-state index in [1.54, 1.807) is 32.2 Å². The quantitative estimate of drug-likeness (QED) is 0.445. The number of aromatic nitrogens is 2. The van der Waals surface area contributed by atoms with Crippen molar-refractivity contribution in [1.82, 2.24) is 15.0 Å². The number of carbonyl (C=O) groups is 1. The van der Waals surface area contributed by atoms with Gasteiger partial charge in [-0.3, -0.25) is 9.10 Å². The molecule has 3 aromatic rings. The first-order chi connectivity index (χ1) is 15.6. The number of hydrogen-bond donors (Lipinski definition) is 0. The van der Waals surface area contributed by atoms with Gasteiger partial charge in [-0.15, -0.1) is 0 Å². The molecule has 0 aliphatic heterocycles. The number of sulfonamides is 1. The fourth-order valence-electron chi connectivity index (χ4n) is 3.41. The van der Waals surface area contributed by atoms with E-state index in [0.717, 1.165) is 17.4 Å². The van der Waals surface area contributed by atoms with Gasteiger partial charge in [0.15, 0.2) is 0 Å². The van der Waals surface area contributed by atoms with Gasteiger partial charge in [0.25, 0.3) is 0 Å². The normalized spacial score (nSPS) is 11.4. The zero-order valence-corrected chi connectivity index (χ0v) is 20.7. The smallest absolute Gasteiger partial charge is 0.246 e. The molecule has 3 rings (SSSR count). The van der Waals surface area contributed by atoms with E-state index in [1.165, 1.54) is 9.21 Å². The molecule has 0 fully saturated rings. The van der Waals surface area contributed by atoms with Crippen LogP contribution in [-0.2, 0) is 21.4 Å². The summed E-state index contributed by atoms with van der Waals surface area (Å²) in [5.41, 5.74) is 3.12. The maximum atomic E-state index is 12.6. The van der Waals surface area contributed by atoms with Crippen LogP contribution >= 0.6 is 11.6 Å². The first-order valence-corrected chi connectivity index (χ1v) is 12.7. The van der Waals surface area contributed by atoms with Crippen LogP contribution in [0.5, 0.6) is 0 Å². The molecule has 2 aromatic carbocycles. The average Bonchev–Trinajstić information content (AvgIpc) is 3.21. The van der Waals surface area contributed by atoms with E-state index in [-0.39, 0.29) is 25.4 Å². The molecule has 0 aliphatic carbocycles. The minimum Gasteiger partial charge on any atom is -0.337 e. The van der Waals surface area contributed by atoms with Crippen LogP contribution < -0.4 is 4.31 Å². The number of carbonyl (C=O) groups excluding carboxylic acids is 1. The highest BCUT2D eigenvalue weighted by molar-refractivity contribution is 7.92. The van der Waals surface area contributed by atoms with Gasteiger partial charge in [-0.1, -0.05) is 46.6 Å². The largest absolute Gasteiger partial charge is 0.337 e. The third-order valence-electron chi connectivity index (χ3n) is 5.20. The molecule has 0 saturated carbocycles. The minimum absolute atomic E-state index is 0.151. The van der Waals surface area contributed by atoms with Crippen molar-refractivity contribution in [2.24, 2.45) is 0 Å². The first kappa shape index (κ1) is 24.7. The molecule has 0 unspecified atom stereocenters. The predicted molar refractivity (Wildman–Crippen MR) is 129 cm³/mol. The Hall–Kier alpha value is -2.91. The summed E-state index contributed by atoms with van der Waals surface area (Å²) in [5, 5.41) is 4.48. The third-order valence-corrected chi connectivity index (χ3v) is 6.79. The zero-order valence-electron chi connectivity index (χ0n) is 19.1. The Morgan fingerprint density at radius 3 is 2.58 bits per heavy atom. The lowest BCUT2D eigenvalue weighted by Gasteiger charge is -2.25. The van der Waals surface area contributed by atoms with Gasteiger partial charge in [-0.2, -0.15) is 4.98 Å². The molecule has 0 spiro atoms. The van der Waals surface area contributed by atoms with Crippen molar-refractivity contribution in [2.45, 2.75) is 33.2 Å². The van der Waals surface area contributed by atoms with Gasteiger partial charge in [-0.05, 0) is 44.0 Å². The highest BCUT2D eigenvalue weighted by atomic mass is 35.5. The van der Waals surface area contributed by atoms with Crippen LogP contribution in [0.25, 0.3) is 11.4 Å². The van der Waals surface area contributed by atoms with E-state index in [9.17, 15) is 13.2 Å². The Morgan fingerprint density at radius 2 is 1.88 bits per heavy atom. The van der Waals surface area contributed by atoms with Crippen LogP contribution in [-0.4, -0.2) is 49.2 Å². The molecule has 1 heterocycles. The van der Waals surface area contributed by atoms with Crippen molar-refractivity contribution < 1.29 is 17.7 Å². The van der Waals surface area contributed by atoms with E-state index in [1.807, 2.05) is 31.2 Å². The molecule has 0 bridgehead atoms. The summed E-state index contributed by atoms with van der Waals surface area (Å²) in [7, 11) is -1.89. The fourth-order valence-corrected chi connectivity index (χ4v) is 4.59. The zero-order chi connectivity index (χ0) is 24.2. The Morgan fingerprint density at radius 1 is 1.15 bits per heavy atom. The fraction of sp³-hybridized carbons (Fsp3) is 0.348. The molecule has 0 N–H and O–H groups in total. The lowest BCUT2D eigenvalue weighted by molar-refractivity contribution is -0.130. The monoisotopic (exact) mass is 490 g/mol. The molecular formula is C23H27ClN4O4S. The van der Waals surface area contributed by atoms with Crippen molar-refractivity contribution >= 4 is 33.2 Å². The molecule has 0 atom stereocenters. The number of halogens is 1. The maximum Gasteiger partial charge on any atom is 0.246 e. The Kier molecular flexibility index (Phi) is 7.76. The Labute approximate surface area is 199 Å². The van der Waals surface area contributed by atoms with E-state index in [0.29, 0.717) is 34.4 Å². The second kappa shape index (κ2) is 10.4. The minimum atomic E-state index is -3.53. The van der Waals surface area contributed by atoms with Crippen LogP contribution in [0, 0.1) is 13.8 Å². The summed E-state index contributed by atoms with van der Waals surface area (Å²) in [4.78, 5) is 18.5. The highest BCUT2D eigenvalue weighted by Gasteiger charge is 2.21. The molecule has 0 saturated heterocycles. The van der Waals surface area contributed by atoms with E-state index >= 15 is 0 Å². The number of aryl methyl sites for hydroxylation is 1. The number of amides is 1. The second-order valence-corrected chi connectivity index (χ2v) is 10.3. The summed E-state index contributed by atoms with van der Waals surface area (Å²) in [5.74, 6) is 0.645. The second-order valence-electron chi connectivity index (χ2n) is 7.95. The standard InChI is InChI=1S/C23H27ClN4O4S/c1-16-8-5-9-18(14-16)23-25-21(32-26-23)15-27(3)22(29)12-7-13-28(33(4,30)31)20-11-6-10-19(24)17(20)2/h5-6,8-11,14H,7,12-13,15H2,1-4H3. The number of benzene rings is 2. The third kappa shape index (κ3) is 6.33. The summed E-state index contributed by atoms with van der Waals surface area (Å²) < 4.78 is 31.3. The summed E-state index contributed by atoms with van der Waals surface area (Å²) >= 11 is 6.16. The van der Waals surface area contributed by atoms with Gasteiger partial charge in [-0.25, -0.2) is 8.42 Å². The van der Waals surface area contributed by atoms with Gasteiger partial charge < -0.3 is 9.42 Å². The van der Waals surface area contributed by atoms with E-state index in [2.05, 4.69) is 10.1 Å². The van der Waals surface area contributed by atoms with Gasteiger partial charge in [0.05, 0.1) is 18.5 Å². The van der Waals surface area contributed by atoms with E-state index in [4.69, 9.17) is 16.1 Å². The van der Waals surface area contributed by atoms with Gasteiger partial charge >= 0.3 is 0 Å². The Balaban J connectivity index is 1.59. The predicted octanol–water partition coefficient (Wildman–Crippen LogP) is 4.21. The summed E-state index contributed by atoms with van der Waals surface area (Å²) in [6.45, 7) is 4.08. The van der Waals surface area contributed by atoms with Crippen molar-refractivity contribution in [3.63, 3.8) is 0 Å². The van der Waals surface area contributed by atoms with Crippen LogP contribution in [0.4, 0.5) is 5.69 Å². The first-order valence-electron chi connectivity index (χ1n) is 10.4. The van der Waals surface area contributed by atoms with Gasteiger partial charge in [0.1, 0.15) is 0 Å². The molecule has 1 amide bonds. The SMILES string of the molecule is Cc1cccc(-c2noc(CN(C)C(=O)CCCN(c3cccc(Cl)c3C)S(C)(=O)=O)n2)c1. The van der Waals surface area contributed by atoms with Crippen LogP contribution in [0.15, 0.2) is 47.0 Å². The van der Waals surface area contributed by atoms with Crippen molar-refractivity contribution in [3.8, 4) is 11.4 Å². The lowest BCUT2D eigenvalue weighted by Crippen LogP contribution is -2.33. The number of anilines is 1. The van der Waals surface area contributed by atoms with Gasteiger partial charge in [0, 0.05) is 30.6 Å². The van der Waals surface area contributed by atoms with E-state index < -0.39 is 10.0 Å². The lowest BCUT2D eigenvalue weighted by atomic mass is 10.1. The number of nitrogens with zero attached hydrogens (tertiary/aromatic N) is 4. The number of rotatable bonds is 9. The average molecular weight is 491 g/mol. The molecule has 0 aliphatic rings. The number of hydrogen-bond acceptors (Lipinski definition) is 6. The highest BCUT2D eigenvalue weighted by Crippen LogP contribution is 2.28. The van der Waals surface area contributed by atoms with Crippen LogP contribution in [0.2, 0.25) is 5.02 Å². The van der Waals surface area contributed by atoms with Crippen LogP contribution in [0.3, 0.4) is 0 Å². The van der Waals surface area contributed by atoms with Crippen molar-refractivity contribution in [1.29, 1.82) is 0 Å². The Bertz CT molecular complexity index is 1240. The molecule has 176 valence electrons. The molecule has 8 nitrogen and oxygen atoms in total. The topological polar surface area (TPSA) is 96.6 Å². The molecule has 0 radical (unpaired) electrons. The van der Waals surface area contributed by atoms with Crippen molar-refractivity contribution in [3.05, 3.63) is 64.5 Å². The van der Waals surface area contributed by atoms with Crippen molar-refractivity contribution in [2.75, 3.05) is 24.2 Å². The molecule has 10 heteroatoms. The molecule has 1 aromatic heterocycles. The summed E-state index contributed by atoms with van der Waals surface area (Å²) in [6.07, 6.45) is 1.66.